The maximum Gasteiger partial charge on any atom is 0.137 e. The fourth-order valence-electron chi connectivity index (χ4n) is 3.26. The van der Waals surface area contributed by atoms with Crippen LogP contribution in [0.5, 0.6) is 0 Å². The van der Waals surface area contributed by atoms with E-state index in [2.05, 4.69) is 33.2 Å². The van der Waals surface area contributed by atoms with Crippen molar-refractivity contribution >= 4 is 16.7 Å². The van der Waals surface area contributed by atoms with Gasteiger partial charge < -0.3 is 10.1 Å². The maximum absolute atomic E-state index is 5.90. The molecule has 2 fully saturated rings. The molecular weight excluding hydrogens is 276 g/mol. The van der Waals surface area contributed by atoms with Crippen LogP contribution in [0.15, 0.2) is 24.5 Å². The number of rotatable bonds is 4. The summed E-state index contributed by atoms with van der Waals surface area (Å²) in [6.07, 6.45) is 4.58. The Morgan fingerprint density at radius 1 is 1.32 bits per heavy atom. The monoisotopic (exact) mass is 298 g/mol. The minimum atomic E-state index is 0.239. The zero-order valence-electron chi connectivity index (χ0n) is 13.0. The standard InChI is InChI=1S/C17H22N4O/c1-12-3-2-4-15-16(12)17(20-11-19-15)18-9-14-10-21(7-8-22-14)13-5-6-13/h2-4,11,13-14H,5-10H2,1H3,(H,18,19,20). The number of ether oxygens (including phenoxy) is 1. The maximum atomic E-state index is 5.90. The van der Waals surface area contributed by atoms with Gasteiger partial charge in [0.2, 0.25) is 0 Å². The van der Waals surface area contributed by atoms with Gasteiger partial charge in [0, 0.05) is 31.1 Å². The highest BCUT2D eigenvalue weighted by Gasteiger charge is 2.32. The molecule has 2 aromatic rings. The third kappa shape index (κ3) is 2.78. The lowest BCUT2D eigenvalue weighted by Gasteiger charge is -2.33. The minimum Gasteiger partial charge on any atom is -0.374 e. The molecule has 5 nitrogen and oxygen atoms in total. The molecule has 1 atom stereocenters. The smallest absolute Gasteiger partial charge is 0.137 e. The lowest BCUT2D eigenvalue weighted by Crippen LogP contribution is -2.46. The number of aryl methyl sites for hydroxylation is 1. The Labute approximate surface area is 130 Å². The van der Waals surface area contributed by atoms with E-state index >= 15 is 0 Å². The van der Waals surface area contributed by atoms with Crippen molar-refractivity contribution in [1.29, 1.82) is 0 Å². The average Bonchev–Trinajstić information content (AvgIpc) is 3.38. The van der Waals surface area contributed by atoms with Crippen molar-refractivity contribution in [1.82, 2.24) is 14.9 Å². The van der Waals surface area contributed by atoms with Crippen LogP contribution >= 0.6 is 0 Å². The molecule has 0 radical (unpaired) electrons. The van der Waals surface area contributed by atoms with Crippen LogP contribution in [0.4, 0.5) is 5.82 Å². The van der Waals surface area contributed by atoms with Crippen LogP contribution in [0.25, 0.3) is 10.9 Å². The van der Waals surface area contributed by atoms with Gasteiger partial charge in [-0.05, 0) is 31.4 Å². The van der Waals surface area contributed by atoms with E-state index in [0.717, 1.165) is 49.0 Å². The molecule has 1 saturated heterocycles. The number of aromatic nitrogens is 2. The van der Waals surface area contributed by atoms with Crippen LogP contribution < -0.4 is 5.32 Å². The molecule has 1 aliphatic carbocycles. The number of hydrogen-bond acceptors (Lipinski definition) is 5. The summed E-state index contributed by atoms with van der Waals surface area (Å²) >= 11 is 0. The second kappa shape index (κ2) is 5.82. The molecule has 1 aromatic carbocycles. The highest BCUT2D eigenvalue weighted by Crippen LogP contribution is 2.28. The third-order valence-corrected chi connectivity index (χ3v) is 4.60. The van der Waals surface area contributed by atoms with Gasteiger partial charge >= 0.3 is 0 Å². The van der Waals surface area contributed by atoms with Gasteiger partial charge in [-0.15, -0.1) is 0 Å². The van der Waals surface area contributed by atoms with Crippen LogP contribution in [0.1, 0.15) is 18.4 Å². The summed E-state index contributed by atoms with van der Waals surface area (Å²) < 4.78 is 5.90. The van der Waals surface area contributed by atoms with Crippen molar-refractivity contribution in [2.24, 2.45) is 0 Å². The normalized spacial score (nSPS) is 22.9. The van der Waals surface area contributed by atoms with Crippen LogP contribution in [0.3, 0.4) is 0 Å². The Bertz CT molecular complexity index is 666. The summed E-state index contributed by atoms with van der Waals surface area (Å²) in [5.41, 5.74) is 2.19. The molecule has 1 aromatic heterocycles. The number of hydrogen-bond donors (Lipinski definition) is 1. The molecule has 2 aliphatic rings. The lowest BCUT2D eigenvalue weighted by atomic mass is 10.1. The molecule has 1 N–H and O–H groups in total. The van der Waals surface area contributed by atoms with Crippen LogP contribution in [-0.4, -0.2) is 53.3 Å². The predicted molar refractivity (Wildman–Crippen MR) is 87.1 cm³/mol. The van der Waals surface area contributed by atoms with Crippen LogP contribution in [0, 0.1) is 6.92 Å². The first-order valence-corrected chi connectivity index (χ1v) is 8.11. The number of morpholine rings is 1. The molecule has 116 valence electrons. The minimum absolute atomic E-state index is 0.239. The Morgan fingerprint density at radius 2 is 2.23 bits per heavy atom. The van der Waals surface area contributed by atoms with Crippen LogP contribution in [0.2, 0.25) is 0 Å². The van der Waals surface area contributed by atoms with E-state index in [1.165, 1.54) is 18.4 Å². The molecule has 1 aliphatic heterocycles. The summed E-state index contributed by atoms with van der Waals surface area (Å²) in [6, 6.07) is 6.98. The summed E-state index contributed by atoms with van der Waals surface area (Å²) in [7, 11) is 0. The third-order valence-electron chi connectivity index (χ3n) is 4.60. The molecule has 1 saturated carbocycles. The fraction of sp³-hybridized carbons (Fsp3) is 0.529. The van der Waals surface area contributed by atoms with Crippen molar-refractivity contribution in [3.8, 4) is 0 Å². The summed E-state index contributed by atoms with van der Waals surface area (Å²) in [5.74, 6) is 0.912. The first kappa shape index (κ1) is 13.9. The highest BCUT2D eigenvalue weighted by molar-refractivity contribution is 5.91. The van der Waals surface area contributed by atoms with E-state index in [-0.39, 0.29) is 6.10 Å². The van der Waals surface area contributed by atoms with E-state index in [1.807, 2.05) is 12.1 Å². The first-order chi connectivity index (χ1) is 10.8. The zero-order valence-corrected chi connectivity index (χ0v) is 13.0. The SMILES string of the molecule is Cc1cccc2ncnc(NCC3CN(C4CC4)CCO3)c12. The van der Waals surface area contributed by atoms with Crippen molar-refractivity contribution in [2.75, 3.05) is 31.6 Å². The molecule has 0 amide bonds. The lowest BCUT2D eigenvalue weighted by molar-refractivity contribution is -0.0241. The Hall–Kier alpha value is -1.72. The highest BCUT2D eigenvalue weighted by atomic mass is 16.5. The van der Waals surface area contributed by atoms with Crippen molar-refractivity contribution < 1.29 is 4.74 Å². The molecule has 5 heteroatoms. The number of benzene rings is 1. The molecule has 2 heterocycles. The largest absolute Gasteiger partial charge is 0.374 e. The topological polar surface area (TPSA) is 50.3 Å². The van der Waals surface area contributed by atoms with Crippen LogP contribution in [-0.2, 0) is 4.74 Å². The van der Waals surface area contributed by atoms with Gasteiger partial charge in [0.1, 0.15) is 12.1 Å². The predicted octanol–water partition coefficient (Wildman–Crippen LogP) is 2.21. The van der Waals surface area contributed by atoms with E-state index < -0.39 is 0 Å². The Balaban J connectivity index is 1.47. The molecule has 4 rings (SSSR count). The summed E-state index contributed by atoms with van der Waals surface area (Å²) in [5, 5.41) is 4.59. The summed E-state index contributed by atoms with van der Waals surface area (Å²) in [4.78, 5) is 11.3. The van der Waals surface area contributed by atoms with Gasteiger partial charge in [-0.3, -0.25) is 4.90 Å². The van der Waals surface area contributed by atoms with Gasteiger partial charge in [-0.25, -0.2) is 9.97 Å². The number of anilines is 1. The van der Waals surface area contributed by atoms with Gasteiger partial charge in [-0.1, -0.05) is 12.1 Å². The number of nitrogens with zero attached hydrogens (tertiary/aromatic N) is 3. The summed E-state index contributed by atoms with van der Waals surface area (Å²) in [6.45, 7) is 5.84. The van der Waals surface area contributed by atoms with Gasteiger partial charge in [-0.2, -0.15) is 0 Å². The van der Waals surface area contributed by atoms with Crippen molar-refractivity contribution in [2.45, 2.75) is 31.9 Å². The molecule has 1 unspecified atom stereocenters. The Morgan fingerprint density at radius 3 is 3.09 bits per heavy atom. The first-order valence-electron chi connectivity index (χ1n) is 8.11. The molecule has 22 heavy (non-hydrogen) atoms. The molecule has 0 bridgehead atoms. The Kier molecular flexibility index (Phi) is 3.68. The van der Waals surface area contributed by atoms with E-state index in [1.54, 1.807) is 6.33 Å². The second-order valence-electron chi connectivity index (χ2n) is 6.29. The zero-order chi connectivity index (χ0) is 14.9. The van der Waals surface area contributed by atoms with Gasteiger partial charge in [0.15, 0.2) is 0 Å². The van der Waals surface area contributed by atoms with Gasteiger partial charge in [0.25, 0.3) is 0 Å². The number of nitrogens with one attached hydrogen (secondary N) is 1. The second-order valence-corrected chi connectivity index (χ2v) is 6.29. The van der Waals surface area contributed by atoms with E-state index in [0.29, 0.717) is 0 Å². The molecular formula is C17H22N4O. The van der Waals surface area contributed by atoms with Crippen molar-refractivity contribution in [3.05, 3.63) is 30.1 Å². The quantitative estimate of drug-likeness (QED) is 0.938. The average molecular weight is 298 g/mol. The molecule has 0 spiro atoms. The van der Waals surface area contributed by atoms with E-state index in [4.69, 9.17) is 4.74 Å². The fourth-order valence-corrected chi connectivity index (χ4v) is 3.26. The number of fused-ring (bicyclic) bond motifs is 1. The van der Waals surface area contributed by atoms with E-state index in [9.17, 15) is 0 Å². The van der Waals surface area contributed by atoms with Crippen molar-refractivity contribution in [3.63, 3.8) is 0 Å². The van der Waals surface area contributed by atoms with Gasteiger partial charge in [0.05, 0.1) is 18.2 Å².